The Morgan fingerprint density at radius 3 is 2.62 bits per heavy atom. The number of hydrogen-bond donors (Lipinski definition) is 4. The molecule has 10 heteroatoms. The molecule has 1 aliphatic carbocycles. The molecule has 0 saturated heterocycles. The van der Waals surface area contributed by atoms with Crippen molar-refractivity contribution in [3.05, 3.63) is 18.2 Å². The molecule has 0 radical (unpaired) electrons. The molecule has 1 aromatic heterocycles. The maximum atomic E-state index is 13.0. The number of nitrogens with one attached hydrogen (secondary N) is 2. The fraction of sp³-hybridized carbons (Fsp3) is 0.625. The number of hydroxylamine groups is 1. The summed E-state index contributed by atoms with van der Waals surface area (Å²) in [5.41, 5.74) is 6.65. The minimum absolute atomic E-state index is 0.180. The van der Waals surface area contributed by atoms with E-state index in [-0.39, 0.29) is 5.91 Å². The second-order valence-electron chi connectivity index (χ2n) is 6.70. The van der Waals surface area contributed by atoms with E-state index < -0.39 is 23.4 Å². The van der Waals surface area contributed by atoms with E-state index in [0.29, 0.717) is 44.3 Å². The van der Waals surface area contributed by atoms with Crippen LogP contribution in [-0.4, -0.2) is 57.1 Å². The van der Waals surface area contributed by atoms with Gasteiger partial charge in [-0.25, -0.2) is 15.3 Å². The fourth-order valence-corrected chi connectivity index (χ4v) is 3.09. The molecule has 5 N–H and O–H groups in total. The summed E-state index contributed by atoms with van der Waals surface area (Å²) in [5.74, 6) is -0.819. The summed E-state index contributed by atoms with van der Waals surface area (Å²) < 4.78 is 1.78. The van der Waals surface area contributed by atoms with Gasteiger partial charge in [0.25, 0.3) is 5.91 Å². The number of imidazole rings is 1. The smallest absolute Gasteiger partial charge is 0.312 e. The van der Waals surface area contributed by atoms with Crippen LogP contribution in [0.4, 0.5) is 4.79 Å². The van der Waals surface area contributed by atoms with Crippen molar-refractivity contribution in [2.24, 2.45) is 12.8 Å². The molecule has 144 valence electrons. The number of hydrogen-bond acceptors (Lipinski definition) is 5. The van der Waals surface area contributed by atoms with Gasteiger partial charge in [-0.3, -0.25) is 14.8 Å². The topological polar surface area (TPSA) is 143 Å². The van der Waals surface area contributed by atoms with Gasteiger partial charge in [-0.15, -0.1) is 0 Å². The van der Waals surface area contributed by atoms with E-state index >= 15 is 0 Å². The molecule has 1 fully saturated rings. The number of nitrogens with zero attached hydrogens (tertiary/aromatic N) is 3. The number of primary amides is 1. The van der Waals surface area contributed by atoms with Crippen molar-refractivity contribution in [2.45, 2.75) is 43.6 Å². The van der Waals surface area contributed by atoms with Crippen molar-refractivity contribution in [1.82, 2.24) is 25.2 Å². The van der Waals surface area contributed by atoms with E-state index in [4.69, 9.17) is 10.9 Å². The first-order chi connectivity index (χ1) is 12.3. The van der Waals surface area contributed by atoms with E-state index in [9.17, 15) is 14.4 Å². The molecule has 1 heterocycles. The first kappa shape index (κ1) is 19.7. The molecule has 1 atom stereocenters. The number of urea groups is 1. The highest BCUT2D eigenvalue weighted by Crippen LogP contribution is 2.49. The Bertz CT molecular complexity index is 669. The highest BCUT2D eigenvalue weighted by Gasteiger charge is 2.55. The van der Waals surface area contributed by atoms with Crippen molar-refractivity contribution < 1.29 is 19.6 Å². The number of amides is 4. The molecule has 26 heavy (non-hydrogen) atoms. The van der Waals surface area contributed by atoms with E-state index in [1.54, 1.807) is 23.4 Å². The number of rotatable bonds is 9. The van der Waals surface area contributed by atoms with E-state index in [1.807, 2.05) is 13.2 Å². The second kappa shape index (κ2) is 8.17. The lowest BCUT2D eigenvalue weighted by Crippen LogP contribution is -2.50. The average molecular weight is 366 g/mol. The minimum Gasteiger partial charge on any atom is -0.352 e. The summed E-state index contributed by atoms with van der Waals surface area (Å²) in [6.07, 6.45) is 6.36. The lowest BCUT2D eigenvalue weighted by Gasteiger charge is -2.29. The fourth-order valence-electron chi connectivity index (χ4n) is 3.09. The molecular formula is C16H26N6O4. The van der Waals surface area contributed by atoms with Gasteiger partial charge in [-0.1, -0.05) is 0 Å². The van der Waals surface area contributed by atoms with Crippen LogP contribution >= 0.6 is 0 Å². The monoisotopic (exact) mass is 366 g/mol. The van der Waals surface area contributed by atoms with Crippen LogP contribution in [-0.2, 0) is 22.1 Å². The summed E-state index contributed by atoms with van der Waals surface area (Å²) in [5, 5.41) is 11.5. The Kier molecular flexibility index (Phi) is 6.19. The van der Waals surface area contributed by atoms with Gasteiger partial charge in [-0.05, 0) is 32.1 Å². The third-order valence-corrected chi connectivity index (χ3v) is 4.76. The number of likely N-dealkylation sites (N-methyl/N-ethyl adjacent to an activating group) is 1. The zero-order valence-corrected chi connectivity index (χ0v) is 15.1. The third-order valence-electron chi connectivity index (χ3n) is 4.76. The van der Waals surface area contributed by atoms with Crippen molar-refractivity contribution in [3.8, 4) is 0 Å². The molecule has 0 aliphatic heterocycles. The lowest BCUT2D eigenvalue weighted by atomic mass is 9.99. The minimum atomic E-state index is -0.803. The number of carbonyl (C=O) groups excluding carboxylic acids is 3. The molecule has 1 aliphatic rings. The predicted molar refractivity (Wildman–Crippen MR) is 92.0 cm³/mol. The van der Waals surface area contributed by atoms with E-state index in [1.165, 1.54) is 4.90 Å². The Morgan fingerprint density at radius 2 is 2.12 bits per heavy atom. The van der Waals surface area contributed by atoms with Gasteiger partial charge in [-0.2, -0.15) is 0 Å². The summed E-state index contributed by atoms with van der Waals surface area (Å²) >= 11 is 0. The van der Waals surface area contributed by atoms with Crippen molar-refractivity contribution in [1.29, 1.82) is 0 Å². The zero-order chi connectivity index (χ0) is 19.3. The highest BCUT2D eigenvalue weighted by atomic mass is 16.5. The summed E-state index contributed by atoms with van der Waals surface area (Å²) in [6, 6.07) is -1.41. The van der Waals surface area contributed by atoms with Gasteiger partial charge in [0.05, 0.1) is 17.4 Å². The maximum Gasteiger partial charge on any atom is 0.312 e. The van der Waals surface area contributed by atoms with Crippen LogP contribution in [0.25, 0.3) is 0 Å². The molecule has 1 saturated carbocycles. The molecular weight excluding hydrogens is 340 g/mol. The number of carbonyl (C=O) groups is 3. The van der Waals surface area contributed by atoms with Crippen LogP contribution in [0.2, 0.25) is 0 Å². The maximum absolute atomic E-state index is 13.0. The largest absolute Gasteiger partial charge is 0.352 e. The number of aryl methyl sites for hydroxylation is 1. The normalized spacial score (nSPS) is 15.8. The lowest BCUT2D eigenvalue weighted by molar-refractivity contribution is -0.145. The van der Waals surface area contributed by atoms with Crippen LogP contribution in [0, 0.1) is 0 Å². The van der Waals surface area contributed by atoms with Crippen molar-refractivity contribution in [3.63, 3.8) is 0 Å². The Morgan fingerprint density at radius 1 is 1.42 bits per heavy atom. The van der Waals surface area contributed by atoms with Crippen molar-refractivity contribution >= 4 is 17.8 Å². The standard InChI is InChI=1S/C16H26N6O4/c1-21-9-12(19-10-21)16(6-7-16)14(24)22(2)11(13(23)20-26)5-3-4-8-18-15(17)25/h9-11,26H,3-8H2,1-2H3,(H,20,23)(H3,17,18,25). The Labute approximate surface area is 151 Å². The third kappa shape index (κ3) is 4.31. The number of unbranched alkanes of at least 4 members (excludes halogenated alkanes) is 1. The summed E-state index contributed by atoms with van der Waals surface area (Å²) in [6.45, 7) is 0.387. The summed E-state index contributed by atoms with van der Waals surface area (Å²) in [4.78, 5) is 41.4. The van der Waals surface area contributed by atoms with E-state index in [0.717, 1.165) is 0 Å². The number of aromatic nitrogens is 2. The second-order valence-corrected chi connectivity index (χ2v) is 6.70. The quantitative estimate of drug-likeness (QED) is 0.268. The average Bonchev–Trinajstić information content (AvgIpc) is 3.31. The first-order valence-electron chi connectivity index (χ1n) is 8.55. The van der Waals surface area contributed by atoms with Gasteiger partial charge in [0.15, 0.2) is 0 Å². The molecule has 0 spiro atoms. The highest BCUT2D eigenvalue weighted by molar-refractivity contribution is 5.94. The van der Waals surface area contributed by atoms with E-state index in [2.05, 4.69) is 10.3 Å². The van der Waals surface area contributed by atoms with Crippen LogP contribution in [0.5, 0.6) is 0 Å². The van der Waals surface area contributed by atoms with Crippen molar-refractivity contribution in [2.75, 3.05) is 13.6 Å². The van der Waals surface area contributed by atoms with Crippen LogP contribution < -0.4 is 16.5 Å². The van der Waals surface area contributed by atoms with Crippen LogP contribution in [0.1, 0.15) is 37.8 Å². The summed E-state index contributed by atoms with van der Waals surface area (Å²) in [7, 11) is 3.40. The molecule has 0 bridgehead atoms. The SMILES string of the molecule is CN(C(=O)C1(c2cn(C)cn2)CC1)C(CCCCNC(N)=O)C(=O)NO. The Balaban J connectivity index is 2.01. The van der Waals surface area contributed by atoms with Gasteiger partial charge in [0, 0.05) is 26.8 Å². The van der Waals surface area contributed by atoms with Gasteiger partial charge in [0.1, 0.15) is 6.04 Å². The molecule has 2 rings (SSSR count). The molecule has 1 aromatic rings. The predicted octanol–water partition coefficient (Wildman–Crippen LogP) is -0.377. The molecule has 10 nitrogen and oxygen atoms in total. The van der Waals surface area contributed by atoms with Gasteiger partial charge >= 0.3 is 6.03 Å². The zero-order valence-electron chi connectivity index (χ0n) is 15.1. The first-order valence-corrected chi connectivity index (χ1v) is 8.55. The molecule has 1 unspecified atom stereocenters. The van der Waals surface area contributed by atoms with Gasteiger partial charge < -0.3 is 20.5 Å². The molecule has 4 amide bonds. The molecule has 0 aromatic carbocycles. The van der Waals surface area contributed by atoms with Crippen LogP contribution in [0.15, 0.2) is 12.5 Å². The Hall–Kier alpha value is -2.62. The van der Waals surface area contributed by atoms with Gasteiger partial charge in [0.2, 0.25) is 5.91 Å². The van der Waals surface area contributed by atoms with Crippen LogP contribution in [0.3, 0.4) is 0 Å². The number of nitrogens with two attached hydrogens (primary N) is 1.